The molecule has 23 nitrogen and oxygen atoms in total. The van der Waals surface area contributed by atoms with Crippen molar-refractivity contribution in [2.75, 3.05) is 205 Å². The highest BCUT2D eigenvalue weighted by Gasteiger charge is 2.33. The lowest BCUT2D eigenvalue weighted by atomic mass is 9.89. The summed E-state index contributed by atoms with van der Waals surface area (Å²) in [5, 5.41) is 9.67. The average molecular weight is 1440 g/mol. The van der Waals surface area contributed by atoms with Crippen molar-refractivity contribution in [2.24, 2.45) is 34.5 Å². The van der Waals surface area contributed by atoms with Gasteiger partial charge in [-0.3, -0.25) is 24.0 Å². The van der Waals surface area contributed by atoms with Crippen LogP contribution in [0, 0.1) is 34.5 Å². The lowest BCUT2D eigenvalue weighted by Gasteiger charge is -2.36. The smallest absolute Gasteiger partial charge is 0.242 e. The lowest BCUT2D eigenvalue weighted by Crippen LogP contribution is -2.56. The van der Waals surface area contributed by atoms with E-state index in [0.29, 0.717) is 273 Å². The molecule has 3 N–H and O–H groups in total. The standard InChI is InChI=1S/C77H147N3O20/c1-64(2)26-42-92-51-57-95-54-48-89-33-16-23-69(81)27-43-86-36-19-39-98-61-77(80-67(7)22-15-32-78-74(85)73(68(8)66(5)6)79-72(84)60-65(3)4,62-99-40-20-37-87-44-28-70(82)24-17-34-90-49-55-96-58-52-93-46-30-75(9,10)11)63-100-41-21-38-88-45-29-71(83)25-18-35-91-50-56-97-59-53-94-47-31-76(12,13)14/h64-66,68,73,80H,7,15-63H2,1-6,8-14H3,(H,78,85)(H,79,84). The van der Waals surface area contributed by atoms with Gasteiger partial charge in [0.15, 0.2) is 0 Å². The zero-order valence-corrected chi connectivity index (χ0v) is 65.4. The van der Waals surface area contributed by atoms with E-state index in [9.17, 15) is 24.0 Å². The number of Topliss-reactive ketones (excluding diaryl/α,β-unsaturated/α-hetero) is 3. The molecule has 0 radical (unpaired) electrons. The molecule has 0 saturated carbocycles. The first-order chi connectivity index (χ1) is 47.8. The molecule has 0 aromatic rings. The monoisotopic (exact) mass is 1430 g/mol. The first-order valence-corrected chi connectivity index (χ1v) is 38.1. The van der Waals surface area contributed by atoms with Crippen molar-refractivity contribution in [1.82, 2.24) is 16.0 Å². The highest BCUT2D eigenvalue weighted by Crippen LogP contribution is 2.20. The third-order valence-electron chi connectivity index (χ3n) is 15.9. The van der Waals surface area contributed by atoms with E-state index < -0.39 is 11.6 Å². The summed E-state index contributed by atoms with van der Waals surface area (Å²) in [7, 11) is 0. The van der Waals surface area contributed by atoms with Gasteiger partial charge in [-0.2, -0.15) is 0 Å². The van der Waals surface area contributed by atoms with Crippen molar-refractivity contribution in [1.29, 1.82) is 0 Å². The molecule has 0 aromatic heterocycles. The molecular weight excluding hydrogens is 1290 g/mol. The predicted molar refractivity (Wildman–Crippen MR) is 393 cm³/mol. The number of ether oxygens (including phenoxy) is 15. The van der Waals surface area contributed by atoms with E-state index in [2.05, 4.69) is 77.9 Å². The zero-order valence-electron chi connectivity index (χ0n) is 65.4. The molecule has 0 aliphatic carbocycles. The molecule has 2 atom stereocenters. The zero-order chi connectivity index (χ0) is 74.2. The maximum Gasteiger partial charge on any atom is 0.242 e. The molecule has 0 aliphatic rings. The lowest BCUT2D eigenvalue weighted by molar-refractivity contribution is -0.131. The number of nitrogens with one attached hydrogen (secondary N) is 3. The van der Waals surface area contributed by atoms with Gasteiger partial charge in [0.05, 0.1) is 119 Å². The fourth-order valence-corrected chi connectivity index (χ4v) is 9.36. The Morgan fingerprint density at radius 1 is 0.350 bits per heavy atom. The number of carbonyl (C=O) groups excluding carboxylic acids is 5. The van der Waals surface area contributed by atoms with Crippen molar-refractivity contribution in [2.45, 2.75) is 217 Å². The van der Waals surface area contributed by atoms with Gasteiger partial charge in [-0.05, 0) is 105 Å². The summed E-state index contributed by atoms with van der Waals surface area (Å²) in [5.41, 5.74) is 0.285. The van der Waals surface area contributed by atoms with Crippen molar-refractivity contribution < 1.29 is 95.0 Å². The molecular formula is C77H147N3O20. The number of rotatable bonds is 76. The second kappa shape index (κ2) is 65.4. The second-order valence-electron chi connectivity index (χ2n) is 29.7. The molecule has 0 heterocycles. The Kier molecular flexibility index (Phi) is 63.4. The van der Waals surface area contributed by atoms with Gasteiger partial charge < -0.3 is 87.0 Å². The Morgan fingerprint density at radius 2 is 0.670 bits per heavy atom. The van der Waals surface area contributed by atoms with Gasteiger partial charge in [0.2, 0.25) is 11.8 Å². The topological polar surface area (TPSA) is 260 Å². The minimum atomic E-state index is -0.903. The maximum atomic E-state index is 13.6. The Bertz CT molecular complexity index is 1900. The molecule has 590 valence electrons. The predicted octanol–water partition coefficient (Wildman–Crippen LogP) is 11.1. The van der Waals surface area contributed by atoms with E-state index >= 15 is 0 Å². The first-order valence-electron chi connectivity index (χ1n) is 38.1. The van der Waals surface area contributed by atoms with Crippen LogP contribution in [0.4, 0.5) is 0 Å². The Labute approximate surface area is 606 Å². The van der Waals surface area contributed by atoms with Crippen molar-refractivity contribution in [3.63, 3.8) is 0 Å². The van der Waals surface area contributed by atoms with E-state index in [1.54, 1.807) is 0 Å². The second-order valence-corrected chi connectivity index (χ2v) is 29.7. The minimum absolute atomic E-state index is 0.0834. The number of allylic oxidation sites excluding steroid dienone is 1. The van der Waals surface area contributed by atoms with Crippen LogP contribution in [0.25, 0.3) is 0 Å². The van der Waals surface area contributed by atoms with Gasteiger partial charge >= 0.3 is 0 Å². The molecule has 0 aromatic carbocycles. The van der Waals surface area contributed by atoms with Crippen molar-refractivity contribution in [3.8, 4) is 0 Å². The van der Waals surface area contributed by atoms with Gasteiger partial charge in [-0.25, -0.2) is 0 Å². The van der Waals surface area contributed by atoms with Gasteiger partial charge in [0.1, 0.15) is 28.9 Å². The van der Waals surface area contributed by atoms with Crippen LogP contribution in [0.5, 0.6) is 0 Å². The highest BCUT2D eigenvalue weighted by molar-refractivity contribution is 5.88. The van der Waals surface area contributed by atoms with Crippen LogP contribution in [0.3, 0.4) is 0 Å². The molecule has 0 saturated heterocycles. The summed E-state index contributed by atoms with van der Waals surface area (Å²) in [5.74, 6) is 0.856. The van der Waals surface area contributed by atoms with Gasteiger partial charge in [0.25, 0.3) is 0 Å². The molecule has 0 spiro atoms. The number of hydrogen-bond acceptors (Lipinski definition) is 21. The molecule has 0 fully saturated rings. The average Bonchev–Trinajstić information content (AvgIpc) is 0.869. The van der Waals surface area contributed by atoms with Gasteiger partial charge in [0, 0.05) is 136 Å². The maximum absolute atomic E-state index is 13.6. The van der Waals surface area contributed by atoms with E-state index in [-0.39, 0.29) is 77.6 Å². The largest absolute Gasteiger partial charge is 0.381 e. The van der Waals surface area contributed by atoms with Crippen LogP contribution in [-0.2, 0) is 95.0 Å². The van der Waals surface area contributed by atoms with Crippen LogP contribution in [0.1, 0.15) is 206 Å². The normalized spacial score (nSPS) is 12.8. The Balaban J connectivity index is 5.59. The molecule has 100 heavy (non-hydrogen) atoms. The number of amides is 2. The van der Waals surface area contributed by atoms with Crippen LogP contribution in [0.2, 0.25) is 0 Å². The fourth-order valence-electron chi connectivity index (χ4n) is 9.36. The third-order valence-corrected chi connectivity index (χ3v) is 15.9. The Hall–Kier alpha value is -3.11. The minimum Gasteiger partial charge on any atom is -0.381 e. The molecule has 0 rings (SSSR count). The summed E-state index contributed by atoms with van der Waals surface area (Å²) in [6, 6.07) is -0.665. The highest BCUT2D eigenvalue weighted by atomic mass is 16.6. The number of ketones is 3. The van der Waals surface area contributed by atoms with E-state index in [0.717, 1.165) is 39.1 Å². The van der Waals surface area contributed by atoms with E-state index in [1.807, 2.05) is 34.6 Å². The van der Waals surface area contributed by atoms with E-state index in [1.165, 1.54) is 0 Å². The Morgan fingerprint density at radius 3 is 1.01 bits per heavy atom. The summed E-state index contributed by atoms with van der Waals surface area (Å²) >= 11 is 0. The quantitative estimate of drug-likeness (QED) is 0.0478. The van der Waals surface area contributed by atoms with Crippen LogP contribution < -0.4 is 16.0 Å². The van der Waals surface area contributed by atoms with Crippen molar-refractivity contribution in [3.05, 3.63) is 12.3 Å². The van der Waals surface area contributed by atoms with Crippen LogP contribution >= 0.6 is 0 Å². The SMILES string of the molecule is C=C(CCCNC(=O)C(NC(=O)CC(C)C)C(C)C(C)C)NC(COCCCOCCC(=O)CCCOCCOCCOCCC(C)C)(COCCCOCCC(=O)CCCOCCOCCOCCC(C)(C)C)COCCCOCCC(=O)CCCOCCOCCOCCC(C)(C)C. The summed E-state index contributed by atoms with van der Waals surface area (Å²) in [6.45, 7) is 45.8. The summed E-state index contributed by atoms with van der Waals surface area (Å²) in [6.07, 6.45) is 10.3. The van der Waals surface area contributed by atoms with Gasteiger partial charge in [-0.1, -0.05) is 96.6 Å². The van der Waals surface area contributed by atoms with Crippen LogP contribution in [-0.4, -0.2) is 245 Å². The van der Waals surface area contributed by atoms with Crippen LogP contribution in [0.15, 0.2) is 12.3 Å². The summed E-state index contributed by atoms with van der Waals surface area (Å²) < 4.78 is 87.3. The number of carbonyl (C=O) groups is 5. The molecule has 23 heteroatoms. The first kappa shape index (κ1) is 96.9. The molecule has 0 bridgehead atoms. The van der Waals surface area contributed by atoms with Crippen molar-refractivity contribution >= 4 is 29.2 Å². The number of hydrogen-bond donors (Lipinski definition) is 3. The van der Waals surface area contributed by atoms with E-state index in [4.69, 9.17) is 71.1 Å². The summed E-state index contributed by atoms with van der Waals surface area (Å²) in [4.78, 5) is 64.3. The molecule has 2 unspecified atom stereocenters. The molecule has 2 amide bonds. The molecule has 0 aliphatic heterocycles. The third kappa shape index (κ3) is 66.8. The fraction of sp³-hybridized carbons (Fsp3) is 0.909. The van der Waals surface area contributed by atoms with Gasteiger partial charge in [-0.15, -0.1) is 0 Å².